The molecule has 3 aromatic rings. The molecule has 0 unspecified atom stereocenters. The third-order valence-corrected chi connectivity index (χ3v) is 5.27. The topological polar surface area (TPSA) is 103 Å². The van der Waals surface area contributed by atoms with Gasteiger partial charge in [0.25, 0.3) is 5.56 Å². The first kappa shape index (κ1) is 17.6. The van der Waals surface area contributed by atoms with Crippen LogP contribution in [-0.4, -0.2) is 25.4 Å². The fourth-order valence-corrected chi connectivity index (χ4v) is 3.87. The highest BCUT2D eigenvalue weighted by Gasteiger charge is 2.19. The van der Waals surface area contributed by atoms with Gasteiger partial charge in [-0.25, -0.2) is 0 Å². The van der Waals surface area contributed by atoms with Gasteiger partial charge in [-0.2, -0.15) is 14.6 Å². The number of halogens is 2. The zero-order valence-electron chi connectivity index (χ0n) is 13.4. The van der Waals surface area contributed by atoms with Gasteiger partial charge in [-0.05, 0) is 35.9 Å². The van der Waals surface area contributed by atoms with E-state index in [0.29, 0.717) is 15.5 Å². The smallest absolute Gasteiger partial charge is 0.283 e. The molecule has 3 aromatic heterocycles. The zero-order chi connectivity index (χ0) is 19.1. The maximum absolute atomic E-state index is 12.4. The second kappa shape index (κ2) is 6.73. The quantitative estimate of drug-likeness (QED) is 0.686. The second-order valence-electron chi connectivity index (χ2n) is 5.51. The molecule has 0 saturated carbocycles. The van der Waals surface area contributed by atoms with Crippen molar-refractivity contribution < 1.29 is 4.79 Å². The number of carbonyl (C=O) groups excluding carboxylic acids is 1. The van der Waals surface area contributed by atoms with Crippen LogP contribution >= 0.6 is 34.5 Å². The molecule has 0 spiro atoms. The van der Waals surface area contributed by atoms with Gasteiger partial charge in [0.2, 0.25) is 10.7 Å². The fraction of sp³-hybridized carbons (Fsp3) is 0. The number of nitrogen functional groups attached to an aromatic ring is 1. The highest BCUT2D eigenvalue weighted by Crippen LogP contribution is 2.28. The van der Waals surface area contributed by atoms with Crippen LogP contribution in [0.5, 0.6) is 0 Å². The van der Waals surface area contributed by atoms with Crippen LogP contribution in [0.1, 0.15) is 5.56 Å². The van der Waals surface area contributed by atoms with Gasteiger partial charge in [0.05, 0.1) is 15.6 Å². The number of anilines is 1. The fourth-order valence-electron chi connectivity index (χ4n) is 2.46. The lowest BCUT2D eigenvalue weighted by Gasteiger charge is -2.07. The molecule has 7 nitrogen and oxygen atoms in total. The Labute approximate surface area is 166 Å². The largest absolute Gasteiger partial charge is 0.383 e. The Hall–Kier alpha value is -2.81. The molecule has 27 heavy (non-hydrogen) atoms. The SMILES string of the molecule is Nc1c(C=C2C=C(Cl)C(=O)C(Cl)=C2)c(=O)nc2sc(-c3ccncc3)nn12. The van der Waals surface area contributed by atoms with Crippen molar-refractivity contribution in [2.24, 2.45) is 0 Å². The maximum atomic E-state index is 12.4. The number of aromatic nitrogens is 4. The summed E-state index contributed by atoms with van der Waals surface area (Å²) in [6, 6.07) is 3.60. The summed E-state index contributed by atoms with van der Waals surface area (Å²) in [5.41, 5.74) is 7.07. The lowest BCUT2D eigenvalue weighted by atomic mass is 10.1. The maximum Gasteiger partial charge on any atom is 0.283 e. The number of carbonyl (C=O) groups is 1. The molecule has 0 amide bonds. The number of nitrogens with zero attached hydrogens (tertiary/aromatic N) is 4. The van der Waals surface area contributed by atoms with Crippen molar-refractivity contribution in [1.82, 2.24) is 19.6 Å². The number of hydrogen-bond acceptors (Lipinski definition) is 7. The average Bonchev–Trinajstić information content (AvgIpc) is 3.08. The predicted octanol–water partition coefficient (Wildman–Crippen LogP) is 3.01. The molecule has 134 valence electrons. The summed E-state index contributed by atoms with van der Waals surface area (Å²) in [6.45, 7) is 0. The molecule has 1 aliphatic carbocycles. The molecule has 10 heteroatoms. The van der Waals surface area contributed by atoms with Crippen LogP contribution in [0.4, 0.5) is 5.82 Å². The number of ketones is 1. The van der Waals surface area contributed by atoms with Gasteiger partial charge in [-0.15, -0.1) is 0 Å². The van der Waals surface area contributed by atoms with Crippen LogP contribution in [0.3, 0.4) is 0 Å². The van der Waals surface area contributed by atoms with Gasteiger partial charge < -0.3 is 5.73 Å². The Kier molecular flexibility index (Phi) is 4.39. The summed E-state index contributed by atoms with van der Waals surface area (Å²) in [4.78, 5) is 32.5. The van der Waals surface area contributed by atoms with E-state index in [1.54, 1.807) is 24.5 Å². The Bertz CT molecular complexity index is 1220. The molecule has 0 atom stereocenters. The summed E-state index contributed by atoms with van der Waals surface area (Å²) in [5, 5.41) is 4.99. The van der Waals surface area contributed by atoms with Crippen LogP contribution < -0.4 is 11.3 Å². The third kappa shape index (κ3) is 3.18. The molecule has 0 bridgehead atoms. The highest BCUT2D eigenvalue weighted by molar-refractivity contribution is 7.19. The number of hydrogen-bond donors (Lipinski definition) is 1. The average molecular weight is 418 g/mol. The van der Waals surface area contributed by atoms with E-state index in [1.807, 2.05) is 0 Å². The standard InChI is InChI=1S/C17H9Cl2N5O2S/c18-11-6-8(7-12(19)13(11)25)5-10-14(20)24-17(22-15(10)26)27-16(23-24)9-1-3-21-4-2-9/h1-7H,20H2. The van der Waals surface area contributed by atoms with Crippen LogP contribution in [-0.2, 0) is 4.79 Å². The molecule has 0 aliphatic heterocycles. The van der Waals surface area contributed by atoms with Gasteiger partial charge in [0, 0.05) is 18.0 Å². The van der Waals surface area contributed by atoms with Crippen molar-refractivity contribution >= 4 is 57.2 Å². The van der Waals surface area contributed by atoms with Crippen LogP contribution in [0.25, 0.3) is 21.6 Å². The van der Waals surface area contributed by atoms with Crippen molar-refractivity contribution in [2.75, 3.05) is 5.73 Å². The number of Topliss-reactive ketones (excluding diaryl/α,β-unsaturated/α-hetero) is 1. The first-order valence-electron chi connectivity index (χ1n) is 7.54. The van der Waals surface area contributed by atoms with Crippen molar-refractivity contribution in [3.8, 4) is 10.6 Å². The minimum atomic E-state index is -0.518. The van der Waals surface area contributed by atoms with Gasteiger partial charge in [-0.3, -0.25) is 14.6 Å². The zero-order valence-corrected chi connectivity index (χ0v) is 15.7. The molecule has 0 radical (unpaired) electrons. The minimum Gasteiger partial charge on any atom is -0.383 e. The normalized spacial score (nSPS) is 14.3. The van der Waals surface area contributed by atoms with E-state index in [4.69, 9.17) is 28.9 Å². The monoisotopic (exact) mass is 417 g/mol. The van der Waals surface area contributed by atoms with Crippen molar-refractivity contribution in [1.29, 1.82) is 0 Å². The van der Waals surface area contributed by atoms with Gasteiger partial charge in [0.1, 0.15) is 10.8 Å². The highest BCUT2D eigenvalue weighted by atomic mass is 35.5. The molecule has 1 aliphatic rings. The lowest BCUT2D eigenvalue weighted by Crippen LogP contribution is -2.17. The van der Waals surface area contributed by atoms with Gasteiger partial charge in [0.15, 0.2) is 0 Å². The summed E-state index contributed by atoms with van der Waals surface area (Å²) in [5.74, 6) is -0.352. The Morgan fingerprint density at radius 3 is 2.44 bits per heavy atom. The molecule has 0 fully saturated rings. The van der Waals surface area contributed by atoms with Crippen LogP contribution in [0.2, 0.25) is 0 Å². The third-order valence-electron chi connectivity index (χ3n) is 3.75. The van der Waals surface area contributed by atoms with Crippen LogP contribution in [0.15, 0.2) is 57.1 Å². The minimum absolute atomic E-state index is 0.0462. The van der Waals surface area contributed by atoms with Gasteiger partial charge >= 0.3 is 0 Å². The van der Waals surface area contributed by atoms with E-state index in [2.05, 4.69) is 15.1 Å². The summed E-state index contributed by atoms with van der Waals surface area (Å²) < 4.78 is 1.40. The van der Waals surface area contributed by atoms with E-state index in [9.17, 15) is 9.59 Å². The molecule has 0 saturated heterocycles. The van der Waals surface area contributed by atoms with E-state index >= 15 is 0 Å². The van der Waals surface area contributed by atoms with E-state index in [-0.39, 0.29) is 21.4 Å². The number of rotatable bonds is 2. The van der Waals surface area contributed by atoms with Crippen molar-refractivity contribution in [3.05, 3.63) is 68.2 Å². The molecular weight excluding hydrogens is 409 g/mol. The lowest BCUT2D eigenvalue weighted by molar-refractivity contribution is -0.111. The van der Waals surface area contributed by atoms with Gasteiger partial charge in [-0.1, -0.05) is 34.5 Å². The second-order valence-corrected chi connectivity index (χ2v) is 7.28. The summed E-state index contributed by atoms with van der Waals surface area (Å²) in [7, 11) is 0. The predicted molar refractivity (Wildman–Crippen MR) is 106 cm³/mol. The first-order chi connectivity index (χ1) is 12.9. The Balaban J connectivity index is 1.87. The van der Waals surface area contributed by atoms with Crippen molar-refractivity contribution in [3.63, 3.8) is 0 Å². The molecule has 4 rings (SSSR count). The summed E-state index contributed by atoms with van der Waals surface area (Å²) in [6.07, 6.45) is 7.59. The Morgan fingerprint density at radius 2 is 1.78 bits per heavy atom. The van der Waals surface area contributed by atoms with E-state index in [1.165, 1.54) is 34.1 Å². The molecule has 2 N–H and O–H groups in total. The number of pyridine rings is 1. The summed E-state index contributed by atoms with van der Waals surface area (Å²) >= 11 is 13.0. The van der Waals surface area contributed by atoms with Crippen molar-refractivity contribution in [2.45, 2.75) is 0 Å². The number of fused-ring (bicyclic) bond motifs is 1. The first-order valence-corrected chi connectivity index (χ1v) is 9.12. The number of nitrogens with two attached hydrogens (primary N) is 1. The molecule has 3 heterocycles. The number of allylic oxidation sites excluding steroid dienone is 5. The van der Waals surface area contributed by atoms with E-state index < -0.39 is 11.3 Å². The van der Waals surface area contributed by atoms with E-state index in [0.717, 1.165) is 5.56 Å². The Morgan fingerprint density at radius 1 is 1.11 bits per heavy atom. The molecular formula is C17H9Cl2N5O2S. The van der Waals surface area contributed by atoms with Crippen LogP contribution in [0, 0.1) is 0 Å². The molecule has 0 aromatic carbocycles.